The van der Waals surface area contributed by atoms with Crippen LogP contribution in [-0.2, 0) is 21.2 Å². The standard InChI is InChI=1S/C22H19N3O3S/c1-15-4-2-3-5-21(15)29(27,28)18-8-6-16(7-9-18)13-24-22(26)20-12-17-14-23-11-10-19(17)25-20/h2-12,14,20H,13H2,1H3,(H,24,26). The smallest absolute Gasteiger partial charge is 0.249 e. The SMILES string of the molecule is Cc1ccccc1S(=O)(=O)c1ccc(CNC(=O)C2C=c3cnccc3=N2)cc1. The highest BCUT2D eigenvalue weighted by Crippen LogP contribution is 2.23. The Morgan fingerprint density at radius 3 is 2.55 bits per heavy atom. The van der Waals surface area contributed by atoms with Crippen molar-refractivity contribution in [3.8, 4) is 0 Å². The molecule has 0 aliphatic carbocycles. The summed E-state index contributed by atoms with van der Waals surface area (Å²) in [5.41, 5.74) is 1.51. The summed E-state index contributed by atoms with van der Waals surface area (Å²) < 4.78 is 25.6. The normalized spacial score (nSPS) is 15.1. The first-order chi connectivity index (χ1) is 13.9. The molecule has 1 amide bonds. The lowest BCUT2D eigenvalue weighted by Crippen LogP contribution is -2.31. The number of carbonyl (C=O) groups is 1. The molecule has 1 N–H and O–H groups in total. The maximum absolute atomic E-state index is 12.8. The Bertz CT molecular complexity index is 1260. The second-order valence-corrected chi connectivity index (χ2v) is 8.72. The molecule has 1 aliphatic rings. The van der Waals surface area contributed by atoms with Gasteiger partial charge in [0.25, 0.3) is 0 Å². The van der Waals surface area contributed by atoms with Gasteiger partial charge in [0.15, 0.2) is 0 Å². The number of rotatable bonds is 5. The van der Waals surface area contributed by atoms with Gasteiger partial charge in [0.2, 0.25) is 15.7 Å². The number of nitrogens with one attached hydrogen (secondary N) is 1. The highest BCUT2D eigenvalue weighted by atomic mass is 32.2. The number of amides is 1. The van der Waals surface area contributed by atoms with Crippen LogP contribution in [0.25, 0.3) is 6.08 Å². The van der Waals surface area contributed by atoms with Crippen molar-refractivity contribution in [1.29, 1.82) is 0 Å². The molecule has 1 aliphatic heterocycles. The van der Waals surface area contributed by atoms with Crippen LogP contribution >= 0.6 is 0 Å². The first kappa shape index (κ1) is 19.0. The molecule has 0 saturated heterocycles. The van der Waals surface area contributed by atoms with Crippen LogP contribution in [0.1, 0.15) is 11.1 Å². The van der Waals surface area contributed by atoms with Crippen LogP contribution in [0.5, 0.6) is 0 Å². The third-order valence-electron chi connectivity index (χ3n) is 4.80. The molecule has 6 nitrogen and oxygen atoms in total. The van der Waals surface area contributed by atoms with Gasteiger partial charge in [0.05, 0.1) is 15.1 Å². The molecule has 29 heavy (non-hydrogen) atoms. The summed E-state index contributed by atoms with van der Waals surface area (Å²) in [6.45, 7) is 2.06. The van der Waals surface area contributed by atoms with Crippen LogP contribution in [0.4, 0.5) is 0 Å². The molecule has 2 heterocycles. The van der Waals surface area contributed by atoms with E-state index in [1.807, 2.05) is 6.07 Å². The fraction of sp³-hybridized carbons (Fsp3) is 0.136. The van der Waals surface area contributed by atoms with Crippen molar-refractivity contribution < 1.29 is 13.2 Å². The third-order valence-corrected chi connectivity index (χ3v) is 6.73. The molecule has 0 bridgehead atoms. The summed E-state index contributed by atoms with van der Waals surface area (Å²) in [5.74, 6) is -0.210. The van der Waals surface area contributed by atoms with Gasteiger partial charge in [-0.2, -0.15) is 0 Å². The molecule has 0 saturated carbocycles. The number of aryl methyl sites for hydroxylation is 1. The van der Waals surface area contributed by atoms with Crippen LogP contribution in [0.3, 0.4) is 0 Å². The molecule has 0 spiro atoms. The second-order valence-electron chi connectivity index (χ2n) is 6.81. The Kier molecular flexibility index (Phi) is 4.98. The van der Waals surface area contributed by atoms with Gasteiger partial charge in [0, 0.05) is 24.2 Å². The largest absolute Gasteiger partial charge is 0.350 e. The van der Waals surface area contributed by atoms with E-state index >= 15 is 0 Å². The number of benzene rings is 2. The van der Waals surface area contributed by atoms with Crippen molar-refractivity contribution in [3.63, 3.8) is 0 Å². The Morgan fingerprint density at radius 2 is 1.83 bits per heavy atom. The van der Waals surface area contributed by atoms with Crippen molar-refractivity contribution in [2.75, 3.05) is 0 Å². The Hall–Kier alpha value is -3.32. The first-order valence-electron chi connectivity index (χ1n) is 9.12. The Balaban J connectivity index is 1.45. The van der Waals surface area contributed by atoms with Crippen molar-refractivity contribution in [1.82, 2.24) is 10.3 Å². The Morgan fingerprint density at radius 1 is 1.07 bits per heavy atom. The maximum atomic E-state index is 12.8. The van der Waals surface area contributed by atoms with E-state index in [4.69, 9.17) is 0 Å². The molecule has 3 aromatic rings. The molecule has 2 aromatic carbocycles. The van der Waals surface area contributed by atoms with Crippen molar-refractivity contribution in [3.05, 3.63) is 88.7 Å². The molecular formula is C22H19N3O3S. The number of fused-ring (bicyclic) bond motifs is 1. The van der Waals surface area contributed by atoms with E-state index in [1.165, 1.54) is 0 Å². The molecule has 146 valence electrons. The first-order valence-corrected chi connectivity index (χ1v) is 10.6. The van der Waals surface area contributed by atoms with Gasteiger partial charge in [-0.15, -0.1) is 0 Å². The number of sulfone groups is 1. The summed E-state index contributed by atoms with van der Waals surface area (Å²) in [7, 11) is -3.57. The monoisotopic (exact) mass is 405 g/mol. The Labute approximate surface area is 168 Å². The quantitative estimate of drug-likeness (QED) is 0.694. The van der Waals surface area contributed by atoms with Gasteiger partial charge in [-0.05, 0) is 48.4 Å². The minimum atomic E-state index is -3.57. The van der Waals surface area contributed by atoms with Crippen LogP contribution in [0, 0.1) is 6.92 Å². The van der Waals surface area contributed by atoms with Gasteiger partial charge >= 0.3 is 0 Å². The molecule has 1 aromatic heterocycles. The zero-order valence-corrected chi connectivity index (χ0v) is 16.6. The van der Waals surface area contributed by atoms with E-state index < -0.39 is 15.9 Å². The van der Waals surface area contributed by atoms with Gasteiger partial charge in [0.1, 0.15) is 6.04 Å². The summed E-state index contributed by atoms with van der Waals surface area (Å²) >= 11 is 0. The average molecular weight is 405 g/mol. The molecule has 0 radical (unpaired) electrons. The number of pyridine rings is 1. The molecule has 1 atom stereocenters. The molecule has 1 unspecified atom stereocenters. The lowest BCUT2D eigenvalue weighted by molar-refractivity contribution is -0.121. The fourth-order valence-electron chi connectivity index (χ4n) is 3.20. The van der Waals surface area contributed by atoms with Crippen LogP contribution < -0.4 is 15.9 Å². The van der Waals surface area contributed by atoms with E-state index in [0.717, 1.165) is 16.1 Å². The predicted molar refractivity (Wildman–Crippen MR) is 108 cm³/mol. The van der Waals surface area contributed by atoms with E-state index in [2.05, 4.69) is 15.3 Å². The highest BCUT2D eigenvalue weighted by molar-refractivity contribution is 7.91. The van der Waals surface area contributed by atoms with Crippen LogP contribution in [0.15, 0.2) is 81.8 Å². The zero-order chi connectivity index (χ0) is 20.4. The molecule has 7 heteroatoms. The molecule has 4 rings (SSSR count). The van der Waals surface area contributed by atoms with E-state index in [-0.39, 0.29) is 17.3 Å². The average Bonchev–Trinajstić information content (AvgIpc) is 3.17. The number of hydrogen-bond donors (Lipinski definition) is 1. The summed E-state index contributed by atoms with van der Waals surface area (Å²) in [6, 6.07) is 14.6. The van der Waals surface area contributed by atoms with Crippen molar-refractivity contribution in [2.45, 2.75) is 29.3 Å². The lowest BCUT2D eigenvalue weighted by atomic mass is 10.2. The molecule has 0 fully saturated rings. The topological polar surface area (TPSA) is 88.5 Å². The van der Waals surface area contributed by atoms with Crippen LogP contribution in [-0.4, -0.2) is 25.4 Å². The van der Waals surface area contributed by atoms with E-state index in [1.54, 1.807) is 73.9 Å². The number of aromatic nitrogens is 1. The second kappa shape index (κ2) is 7.60. The summed E-state index contributed by atoms with van der Waals surface area (Å²) in [6.07, 6.45) is 5.10. The van der Waals surface area contributed by atoms with Gasteiger partial charge < -0.3 is 5.32 Å². The van der Waals surface area contributed by atoms with Gasteiger partial charge in [-0.25, -0.2) is 8.42 Å². The van der Waals surface area contributed by atoms with Crippen molar-refractivity contribution in [2.24, 2.45) is 4.99 Å². The highest BCUT2D eigenvalue weighted by Gasteiger charge is 2.20. The number of nitrogens with zero attached hydrogens (tertiary/aromatic N) is 2. The minimum Gasteiger partial charge on any atom is -0.350 e. The predicted octanol–water partition coefficient (Wildman–Crippen LogP) is 1.32. The van der Waals surface area contributed by atoms with Crippen LogP contribution in [0.2, 0.25) is 0 Å². The van der Waals surface area contributed by atoms with Gasteiger partial charge in [-0.3, -0.25) is 14.8 Å². The number of carbonyl (C=O) groups excluding carboxylic acids is 1. The fourth-order valence-corrected chi connectivity index (χ4v) is 4.70. The maximum Gasteiger partial charge on any atom is 0.249 e. The minimum absolute atomic E-state index is 0.210. The summed E-state index contributed by atoms with van der Waals surface area (Å²) in [4.78, 5) is 21.3. The lowest BCUT2D eigenvalue weighted by Gasteiger charge is -2.10. The van der Waals surface area contributed by atoms with E-state index in [9.17, 15) is 13.2 Å². The van der Waals surface area contributed by atoms with Crippen molar-refractivity contribution >= 4 is 21.8 Å². The molecular weight excluding hydrogens is 386 g/mol. The van der Waals surface area contributed by atoms with E-state index in [0.29, 0.717) is 10.5 Å². The summed E-state index contributed by atoms with van der Waals surface area (Å²) in [5, 5.41) is 4.44. The zero-order valence-electron chi connectivity index (χ0n) is 15.7. The number of hydrogen-bond acceptors (Lipinski definition) is 5. The van der Waals surface area contributed by atoms with Gasteiger partial charge in [-0.1, -0.05) is 30.3 Å². The third kappa shape index (κ3) is 3.82.